The van der Waals surface area contributed by atoms with Gasteiger partial charge in [-0.15, -0.1) is 16.4 Å². The number of aryl methyl sites for hydroxylation is 1. The van der Waals surface area contributed by atoms with Crippen molar-refractivity contribution < 1.29 is 9.21 Å². The van der Waals surface area contributed by atoms with Gasteiger partial charge in [0.05, 0.1) is 16.4 Å². The molecular weight excluding hydrogens is 614 g/mol. The van der Waals surface area contributed by atoms with Crippen LogP contribution in [0.1, 0.15) is 41.7 Å². The molecule has 0 bridgehead atoms. The van der Waals surface area contributed by atoms with E-state index in [1.54, 1.807) is 11.3 Å². The van der Waals surface area contributed by atoms with Gasteiger partial charge in [-0.2, -0.15) is 0 Å². The maximum Gasteiger partial charge on any atom is 0.245 e. The fraction of sp³-hybridized carbons (Fsp3) is 0.194. The summed E-state index contributed by atoms with van der Waals surface area (Å²) >= 11 is 5.41. The Hall–Kier alpha value is -4.35. The average Bonchev–Trinajstić information content (AvgIpc) is 3.82. The van der Waals surface area contributed by atoms with Crippen molar-refractivity contribution in [3.63, 3.8) is 0 Å². The van der Waals surface area contributed by atoms with E-state index in [1.165, 1.54) is 0 Å². The van der Waals surface area contributed by atoms with Gasteiger partial charge in [0, 0.05) is 46.3 Å². The number of unbranched alkanes of at least 4 members (excludes halogenated alkanes) is 1. The molecule has 42 heavy (non-hydrogen) atoms. The van der Waals surface area contributed by atoms with Gasteiger partial charge in [0.1, 0.15) is 17.2 Å². The molecule has 0 radical (unpaired) electrons. The molecule has 11 heteroatoms. The van der Waals surface area contributed by atoms with E-state index in [-0.39, 0.29) is 0 Å². The smallest absolute Gasteiger partial charge is 0.245 e. The van der Waals surface area contributed by atoms with Crippen LogP contribution in [0.25, 0.3) is 39.8 Å². The molecule has 0 atom stereocenters. The Morgan fingerprint density at radius 1 is 1.17 bits per heavy atom. The van der Waals surface area contributed by atoms with Crippen LogP contribution in [0.3, 0.4) is 0 Å². The Labute approximate surface area is 254 Å². The number of fused-ring (bicyclic) bond motifs is 1. The number of hydrogen-bond acceptors (Lipinski definition) is 7. The third kappa shape index (κ3) is 5.70. The Balaban J connectivity index is 1.37. The first-order chi connectivity index (χ1) is 20.5. The summed E-state index contributed by atoms with van der Waals surface area (Å²) in [5.74, 6) is 1.81. The lowest BCUT2D eigenvalue weighted by atomic mass is 10.0. The molecule has 6 rings (SSSR count). The van der Waals surface area contributed by atoms with E-state index < -0.39 is 5.91 Å². The van der Waals surface area contributed by atoms with E-state index in [2.05, 4.69) is 60.2 Å². The van der Waals surface area contributed by atoms with Crippen molar-refractivity contribution in [1.82, 2.24) is 30.2 Å². The minimum atomic E-state index is -0.427. The minimum Gasteiger partial charge on any atom is -0.455 e. The molecule has 212 valence electrons. The van der Waals surface area contributed by atoms with Crippen molar-refractivity contribution in [2.45, 2.75) is 39.2 Å². The van der Waals surface area contributed by atoms with Crippen molar-refractivity contribution in [2.24, 2.45) is 5.73 Å². The molecular formula is C31H28BrN7O2S. The lowest BCUT2D eigenvalue weighted by Gasteiger charge is -2.12. The van der Waals surface area contributed by atoms with Crippen molar-refractivity contribution in [2.75, 3.05) is 0 Å². The van der Waals surface area contributed by atoms with Crippen LogP contribution in [0.15, 0.2) is 80.6 Å². The predicted molar refractivity (Wildman–Crippen MR) is 168 cm³/mol. The molecule has 0 aliphatic carbocycles. The summed E-state index contributed by atoms with van der Waals surface area (Å²) in [6.07, 6.45) is 7.13. The molecule has 0 unspecified atom stereocenters. The second kappa shape index (κ2) is 12.3. The lowest BCUT2D eigenvalue weighted by Crippen LogP contribution is -2.16. The number of rotatable bonds is 11. The van der Waals surface area contributed by atoms with Crippen LogP contribution in [0.2, 0.25) is 0 Å². The first-order valence-corrected chi connectivity index (χ1v) is 15.3. The number of halogens is 1. The van der Waals surface area contributed by atoms with Crippen LogP contribution >= 0.6 is 27.3 Å². The van der Waals surface area contributed by atoms with Crippen LogP contribution in [0.4, 0.5) is 0 Å². The molecule has 0 spiro atoms. The van der Waals surface area contributed by atoms with E-state index in [4.69, 9.17) is 15.1 Å². The van der Waals surface area contributed by atoms with Crippen LogP contribution in [-0.4, -0.2) is 36.1 Å². The van der Waals surface area contributed by atoms with Gasteiger partial charge in [0.25, 0.3) is 0 Å². The second-order valence-electron chi connectivity index (χ2n) is 9.95. The minimum absolute atomic E-state index is 0.427. The number of furan rings is 1. The molecule has 1 amide bonds. The summed E-state index contributed by atoms with van der Waals surface area (Å²) in [6.45, 7) is 2.75. The molecule has 3 N–H and O–H groups in total. The van der Waals surface area contributed by atoms with E-state index in [0.717, 1.165) is 67.8 Å². The number of aromatic amines is 1. The lowest BCUT2D eigenvalue weighted by molar-refractivity contribution is -0.114. The highest BCUT2D eigenvalue weighted by atomic mass is 79.9. The average molecular weight is 643 g/mol. The Bertz CT molecular complexity index is 1870. The third-order valence-electron chi connectivity index (χ3n) is 7.11. The van der Waals surface area contributed by atoms with Gasteiger partial charge in [-0.25, -0.2) is 10.1 Å². The molecule has 0 fully saturated rings. The summed E-state index contributed by atoms with van der Waals surface area (Å²) in [7, 11) is 0. The maximum absolute atomic E-state index is 12.4. The van der Waals surface area contributed by atoms with Gasteiger partial charge in [-0.1, -0.05) is 49.7 Å². The highest BCUT2D eigenvalue weighted by Crippen LogP contribution is 2.41. The fourth-order valence-electron chi connectivity index (χ4n) is 4.98. The first kappa shape index (κ1) is 27.8. The molecule has 2 aromatic carbocycles. The molecule has 0 aliphatic rings. The van der Waals surface area contributed by atoms with Gasteiger partial charge in [-0.3, -0.25) is 4.79 Å². The summed E-state index contributed by atoms with van der Waals surface area (Å²) < 4.78 is 9.36. The van der Waals surface area contributed by atoms with Crippen molar-refractivity contribution in [3.05, 3.63) is 98.2 Å². The zero-order valence-electron chi connectivity index (χ0n) is 22.9. The molecule has 0 saturated heterocycles. The Morgan fingerprint density at radius 3 is 2.76 bits per heavy atom. The number of H-pyrrole nitrogens is 1. The molecule has 0 saturated carbocycles. The zero-order chi connectivity index (χ0) is 29.1. The normalized spacial score (nSPS) is 11.9. The van der Waals surface area contributed by atoms with E-state index in [9.17, 15) is 4.79 Å². The van der Waals surface area contributed by atoms with Crippen LogP contribution in [0, 0.1) is 0 Å². The van der Waals surface area contributed by atoms with Crippen molar-refractivity contribution in [3.8, 4) is 22.7 Å². The number of amides is 1. The third-order valence-corrected chi connectivity index (χ3v) is 8.77. The van der Waals surface area contributed by atoms with Gasteiger partial charge >= 0.3 is 0 Å². The van der Waals surface area contributed by atoms with E-state index in [1.807, 2.05) is 60.1 Å². The Kier molecular flexibility index (Phi) is 8.11. The maximum atomic E-state index is 12.4. The number of nitrogens with two attached hydrogens (primary N) is 1. The number of carbonyl (C=O) groups excluding carboxylic acids is 1. The van der Waals surface area contributed by atoms with Crippen LogP contribution in [0.5, 0.6) is 0 Å². The summed E-state index contributed by atoms with van der Waals surface area (Å²) in [5.41, 5.74) is 10.8. The summed E-state index contributed by atoms with van der Waals surface area (Å²) in [6, 6.07) is 18.0. The molecule has 0 aliphatic heterocycles. The molecule has 6 aromatic rings. The topological polar surface area (TPSA) is 129 Å². The number of nitrogens with one attached hydrogen (secondary N) is 1. The largest absolute Gasteiger partial charge is 0.455 e. The van der Waals surface area contributed by atoms with E-state index in [0.29, 0.717) is 30.1 Å². The number of tetrazole rings is 1. The molecule has 4 heterocycles. The number of hydrogen-bond donors (Lipinski definition) is 2. The highest BCUT2D eigenvalue weighted by molar-refractivity contribution is 9.10. The zero-order valence-corrected chi connectivity index (χ0v) is 25.3. The van der Waals surface area contributed by atoms with Crippen molar-refractivity contribution >= 4 is 50.2 Å². The number of nitrogens with zero attached hydrogens (tertiary/aromatic N) is 5. The van der Waals surface area contributed by atoms with Gasteiger partial charge in [0.2, 0.25) is 5.91 Å². The predicted octanol–water partition coefficient (Wildman–Crippen LogP) is 6.80. The monoisotopic (exact) mass is 641 g/mol. The first-order valence-electron chi connectivity index (χ1n) is 13.6. The van der Waals surface area contributed by atoms with E-state index >= 15 is 0 Å². The number of carbonyl (C=O) groups is 1. The van der Waals surface area contributed by atoms with Crippen LogP contribution in [-0.2, 0) is 24.2 Å². The summed E-state index contributed by atoms with van der Waals surface area (Å²) in [5, 5.41) is 17.3. The quantitative estimate of drug-likeness (QED) is 0.150. The second-order valence-corrected chi connectivity index (χ2v) is 11.8. The number of aromatic nitrogens is 6. The summed E-state index contributed by atoms with van der Waals surface area (Å²) in [4.78, 5) is 18.2. The number of benzene rings is 2. The number of imidazole rings is 1. The SMILES string of the molecule is CCCCc1ncc(/C=C(\Cc2cccs2)C(N)=O)n1Cc1ccc2oc(-c3ccccc3-c3nnn[nH]3)c(Br)c2c1. The molecule has 4 aromatic heterocycles. The fourth-order valence-corrected chi connectivity index (χ4v) is 6.31. The standard InChI is InChI=1S/C31H28BrN7O2S/c1-2-3-10-27-34-17-21(15-20(30(33)40)16-22-7-6-13-42-22)39(27)18-19-11-12-26-25(14-19)28(32)29(41-26)23-8-4-5-9-24(23)31-35-37-38-36-31/h4-9,11-15,17H,2-3,10,16,18H2,1H3,(H2,33,40)(H,35,36,37,38)/b20-15+. The molecule has 9 nitrogen and oxygen atoms in total. The number of primary amides is 1. The highest BCUT2D eigenvalue weighted by Gasteiger charge is 2.20. The Morgan fingerprint density at radius 2 is 2.02 bits per heavy atom. The van der Waals surface area contributed by atoms with Gasteiger partial charge in [-0.05, 0) is 68.0 Å². The van der Waals surface area contributed by atoms with Crippen LogP contribution < -0.4 is 5.73 Å². The van der Waals surface area contributed by atoms with Crippen molar-refractivity contribution in [1.29, 1.82) is 0 Å². The van der Waals surface area contributed by atoms with Gasteiger partial charge in [0.15, 0.2) is 5.82 Å². The number of thiophene rings is 1. The van der Waals surface area contributed by atoms with Gasteiger partial charge < -0.3 is 14.7 Å².